The molecule has 3 nitrogen and oxygen atoms in total. The summed E-state index contributed by atoms with van der Waals surface area (Å²) < 4.78 is 5.88. The molecule has 3 atom stereocenters. The molecular weight excluding hydrogens is 224 g/mol. The average Bonchev–Trinajstić information content (AvgIpc) is 2.34. The van der Waals surface area contributed by atoms with Gasteiger partial charge in [0.05, 0.1) is 6.10 Å². The molecule has 3 heteroatoms. The molecule has 2 rings (SSSR count). The van der Waals surface area contributed by atoms with Crippen LogP contribution in [0.4, 0.5) is 0 Å². The second-order valence-electron chi connectivity index (χ2n) is 6.53. The number of piperazine rings is 1. The van der Waals surface area contributed by atoms with Crippen molar-refractivity contribution in [3.63, 3.8) is 0 Å². The summed E-state index contributed by atoms with van der Waals surface area (Å²) in [7, 11) is 0. The van der Waals surface area contributed by atoms with E-state index in [4.69, 9.17) is 4.74 Å². The SMILES string of the molecule is CC(C)CC1CN(CC2CCCCO2)C(C)CN1. The minimum absolute atomic E-state index is 0.485. The molecule has 3 unspecified atom stereocenters. The molecule has 0 spiro atoms. The van der Waals surface area contributed by atoms with Crippen molar-refractivity contribution in [2.45, 2.75) is 64.6 Å². The first-order chi connectivity index (χ1) is 8.65. The molecule has 0 aromatic heterocycles. The number of nitrogens with zero attached hydrogens (tertiary/aromatic N) is 1. The molecule has 2 fully saturated rings. The predicted molar refractivity (Wildman–Crippen MR) is 75.9 cm³/mol. The molecule has 0 aliphatic carbocycles. The van der Waals surface area contributed by atoms with Crippen molar-refractivity contribution < 1.29 is 4.74 Å². The average molecular weight is 254 g/mol. The molecule has 0 aromatic carbocycles. The normalized spacial score (nSPS) is 35.0. The molecule has 18 heavy (non-hydrogen) atoms. The van der Waals surface area contributed by atoms with Crippen LogP contribution in [0.2, 0.25) is 0 Å². The van der Waals surface area contributed by atoms with Crippen LogP contribution in [0.25, 0.3) is 0 Å². The van der Waals surface area contributed by atoms with Crippen LogP contribution in [-0.2, 0) is 4.74 Å². The smallest absolute Gasteiger partial charge is 0.0702 e. The van der Waals surface area contributed by atoms with E-state index in [2.05, 4.69) is 31.0 Å². The van der Waals surface area contributed by atoms with Crippen LogP contribution >= 0.6 is 0 Å². The minimum Gasteiger partial charge on any atom is -0.377 e. The topological polar surface area (TPSA) is 24.5 Å². The van der Waals surface area contributed by atoms with Crippen molar-refractivity contribution >= 4 is 0 Å². The molecule has 2 aliphatic rings. The second kappa shape index (κ2) is 6.88. The lowest BCUT2D eigenvalue weighted by atomic mass is 9.99. The van der Waals surface area contributed by atoms with Gasteiger partial charge >= 0.3 is 0 Å². The lowest BCUT2D eigenvalue weighted by Crippen LogP contribution is -2.57. The predicted octanol–water partition coefficient (Wildman–Crippen LogP) is 2.26. The fourth-order valence-electron chi connectivity index (χ4n) is 3.19. The molecule has 0 bridgehead atoms. The maximum Gasteiger partial charge on any atom is 0.0702 e. The number of hydrogen-bond acceptors (Lipinski definition) is 3. The van der Waals surface area contributed by atoms with Crippen LogP contribution in [-0.4, -0.2) is 49.3 Å². The fraction of sp³-hybridized carbons (Fsp3) is 1.00. The summed E-state index contributed by atoms with van der Waals surface area (Å²) >= 11 is 0. The Labute approximate surface area is 112 Å². The van der Waals surface area contributed by atoms with Gasteiger partial charge in [-0.1, -0.05) is 13.8 Å². The van der Waals surface area contributed by atoms with Crippen LogP contribution in [0, 0.1) is 5.92 Å². The van der Waals surface area contributed by atoms with E-state index in [1.165, 1.54) is 32.2 Å². The Morgan fingerprint density at radius 1 is 1.33 bits per heavy atom. The summed E-state index contributed by atoms with van der Waals surface area (Å²) in [5.41, 5.74) is 0. The molecule has 0 aromatic rings. The van der Waals surface area contributed by atoms with Gasteiger partial charge in [0.2, 0.25) is 0 Å². The second-order valence-corrected chi connectivity index (χ2v) is 6.53. The van der Waals surface area contributed by atoms with Crippen molar-refractivity contribution in [3.8, 4) is 0 Å². The van der Waals surface area contributed by atoms with E-state index in [9.17, 15) is 0 Å². The highest BCUT2D eigenvalue weighted by Gasteiger charge is 2.28. The standard InChI is InChI=1S/C15H30N2O/c1-12(2)8-14-10-17(13(3)9-16-14)11-15-6-4-5-7-18-15/h12-16H,4-11H2,1-3H3. The fourth-order valence-corrected chi connectivity index (χ4v) is 3.19. The maximum atomic E-state index is 5.88. The Kier molecular flexibility index (Phi) is 5.46. The third-order valence-corrected chi connectivity index (χ3v) is 4.25. The van der Waals surface area contributed by atoms with Gasteiger partial charge in [-0.2, -0.15) is 0 Å². The quantitative estimate of drug-likeness (QED) is 0.833. The number of ether oxygens (including phenoxy) is 1. The van der Waals surface area contributed by atoms with Crippen molar-refractivity contribution in [1.29, 1.82) is 0 Å². The Hall–Kier alpha value is -0.120. The lowest BCUT2D eigenvalue weighted by molar-refractivity contribution is -0.0200. The molecule has 106 valence electrons. The molecule has 2 saturated heterocycles. The molecule has 0 saturated carbocycles. The molecule has 2 aliphatic heterocycles. The Balaban J connectivity index is 1.80. The van der Waals surface area contributed by atoms with E-state index in [-0.39, 0.29) is 0 Å². The number of rotatable bonds is 4. The number of hydrogen-bond donors (Lipinski definition) is 1. The van der Waals surface area contributed by atoms with Crippen molar-refractivity contribution in [1.82, 2.24) is 10.2 Å². The molecule has 2 heterocycles. The summed E-state index contributed by atoms with van der Waals surface area (Å²) in [6.07, 6.45) is 5.63. The van der Waals surface area contributed by atoms with Crippen LogP contribution in [0.15, 0.2) is 0 Å². The van der Waals surface area contributed by atoms with Gasteiger partial charge in [0.15, 0.2) is 0 Å². The maximum absolute atomic E-state index is 5.88. The van der Waals surface area contributed by atoms with Crippen LogP contribution < -0.4 is 5.32 Å². The highest BCUT2D eigenvalue weighted by Crippen LogP contribution is 2.18. The van der Waals surface area contributed by atoms with Gasteiger partial charge < -0.3 is 10.1 Å². The van der Waals surface area contributed by atoms with Crippen LogP contribution in [0.1, 0.15) is 46.5 Å². The molecule has 1 N–H and O–H groups in total. The monoisotopic (exact) mass is 254 g/mol. The highest BCUT2D eigenvalue weighted by molar-refractivity contribution is 4.86. The summed E-state index contributed by atoms with van der Waals surface area (Å²) in [5.74, 6) is 0.781. The van der Waals surface area contributed by atoms with E-state index in [1.54, 1.807) is 0 Å². The third-order valence-electron chi connectivity index (χ3n) is 4.25. The van der Waals surface area contributed by atoms with Gasteiger partial charge in [0, 0.05) is 38.3 Å². The van der Waals surface area contributed by atoms with Gasteiger partial charge in [0.1, 0.15) is 0 Å². The molecular formula is C15H30N2O. The minimum atomic E-state index is 0.485. The Bertz CT molecular complexity index is 239. The van der Waals surface area contributed by atoms with E-state index in [0.717, 1.165) is 25.6 Å². The van der Waals surface area contributed by atoms with Gasteiger partial charge in [-0.3, -0.25) is 4.90 Å². The van der Waals surface area contributed by atoms with Crippen molar-refractivity contribution in [2.24, 2.45) is 5.92 Å². The van der Waals surface area contributed by atoms with Gasteiger partial charge in [-0.25, -0.2) is 0 Å². The van der Waals surface area contributed by atoms with Crippen LogP contribution in [0.3, 0.4) is 0 Å². The zero-order valence-corrected chi connectivity index (χ0v) is 12.3. The van der Waals surface area contributed by atoms with Crippen molar-refractivity contribution in [2.75, 3.05) is 26.2 Å². The number of nitrogens with one attached hydrogen (secondary N) is 1. The highest BCUT2D eigenvalue weighted by atomic mass is 16.5. The summed E-state index contributed by atoms with van der Waals surface area (Å²) in [4.78, 5) is 2.64. The first-order valence-electron chi connectivity index (χ1n) is 7.74. The van der Waals surface area contributed by atoms with E-state index in [1.807, 2.05) is 0 Å². The summed E-state index contributed by atoms with van der Waals surface area (Å²) in [6, 6.07) is 1.32. The van der Waals surface area contributed by atoms with E-state index < -0.39 is 0 Å². The summed E-state index contributed by atoms with van der Waals surface area (Å²) in [6.45, 7) is 11.4. The van der Waals surface area contributed by atoms with Gasteiger partial charge in [-0.05, 0) is 38.5 Å². The lowest BCUT2D eigenvalue weighted by Gasteiger charge is -2.41. The molecule has 0 radical (unpaired) electrons. The molecule has 0 amide bonds. The first kappa shape index (κ1) is 14.3. The van der Waals surface area contributed by atoms with E-state index >= 15 is 0 Å². The zero-order valence-electron chi connectivity index (χ0n) is 12.3. The van der Waals surface area contributed by atoms with Gasteiger partial charge in [0.25, 0.3) is 0 Å². The Morgan fingerprint density at radius 3 is 2.83 bits per heavy atom. The summed E-state index contributed by atoms with van der Waals surface area (Å²) in [5, 5.41) is 3.68. The van der Waals surface area contributed by atoms with Gasteiger partial charge in [-0.15, -0.1) is 0 Å². The largest absolute Gasteiger partial charge is 0.377 e. The van der Waals surface area contributed by atoms with Crippen LogP contribution in [0.5, 0.6) is 0 Å². The van der Waals surface area contributed by atoms with Crippen molar-refractivity contribution in [3.05, 3.63) is 0 Å². The zero-order chi connectivity index (χ0) is 13.0. The third kappa shape index (κ3) is 4.22. The first-order valence-corrected chi connectivity index (χ1v) is 7.74. The Morgan fingerprint density at radius 2 is 2.17 bits per heavy atom. The van der Waals surface area contributed by atoms with E-state index in [0.29, 0.717) is 18.2 Å².